The Balaban J connectivity index is 1.59. The molecule has 0 radical (unpaired) electrons. The highest BCUT2D eigenvalue weighted by Gasteiger charge is 2.18. The summed E-state index contributed by atoms with van der Waals surface area (Å²) in [4.78, 5) is 24.6. The molecule has 2 heterocycles. The lowest BCUT2D eigenvalue weighted by atomic mass is 10.1. The van der Waals surface area contributed by atoms with Crippen molar-refractivity contribution in [2.75, 3.05) is 11.9 Å². The van der Waals surface area contributed by atoms with Crippen LogP contribution in [0.1, 0.15) is 29.0 Å². The van der Waals surface area contributed by atoms with Gasteiger partial charge in [-0.05, 0) is 48.6 Å². The van der Waals surface area contributed by atoms with E-state index >= 15 is 0 Å². The lowest BCUT2D eigenvalue weighted by molar-refractivity contribution is -0.118. The monoisotopic (exact) mass is 345 g/mol. The third-order valence-corrected chi connectivity index (χ3v) is 4.88. The third kappa shape index (κ3) is 3.68. The van der Waals surface area contributed by atoms with E-state index in [2.05, 4.69) is 16.0 Å². The molecule has 2 aromatic rings. The van der Waals surface area contributed by atoms with E-state index in [0.29, 0.717) is 18.0 Å². The first kappa shape index (κ1) is 16.3. The van der Waals surface area contributed by atoms with Gasteiger partial charge in [0.1, 0.15) is 5.75 Å². The maximum atomic E-state index is 12.1. The normalized spacial score (nSPS) is 14.2. The average Bonchev–Trinajstić information content (AvgIpc) is 2.97. The summed E-state index contributed by atoms with van der Waals surface area (Å²) in [6, 6.07) is 7.11. The zero-order chi connectivity index (χ0) is 17.1. The Morgan fingerprint density at radius 3 is 3.00 bits per heavy atom. The molecule has 0 bridgehead atoms. The average molecular weight is 345 g/mol. The number of ether oxygens (including phenoxy) is 1. The molecule has 1 aliphatic rings. The number of hydrogen-bond donors (Lipinski definition) is 3. The number of carbonyl (C=O) groups excluding carboxylic acids is 2. The SMILES string of the molecule is Cc1ccsc1CNC(=O)NC(C)c1ccc2c(c1)NC(=O)CO2. The van der Waals surface area contributed by atoms with E-state index in [1.165, 1.54) is 5.56 Å². The van der Waals surface area contributed by atoms with E-state index in [1.807, 2.05) is 37.4 Å². The lowest BCUT2D eigenvalue weighted by Crippen LogP contribution is -2.36. The van der Waals surface area contributed by atoms with Gasteiger partial charge in [-0.25, -0.2) is 4.79 Å². The first-order valence-corrected chi connectivity index (χ1v) is 8.55. The van der Waals surface area contributed by atoms with Crippen LogP contribution in [0.25, 0.3) is 0 Å². The molecule has 6 nitrogen and oxygen atoms in total. The van der Waals surface area contributed by atoms with Crippen LogP contribution in [0.2, 0.25) is 0 Å². The lowest BCUT2D eigenvalue weighted by Gasteiger charge is -2.21. The van der Waals surface area contributed by atoms with Gasteiger partial charge in [-0.15, -0.1) is 11.3 Å². The largest absolute Gasteiger partial charge is 0.482 e. The van der Waals surface area contributed by atoms with E-state index in [9.17, 15) is 9.59 Å². The number of anilines is 1. The fraction of sp³-hybridized carbons (Fsp3) is 0.294. The van der Waals surface area contributed by atoms with Crippen molar-refractivity contribution in [3.8, 4) is 5.75 Å². The molecule has 0 aliphatic carbocycles. The molecular formula is C17H19N3O3S. The van der Waals surface area contributed by atoms with Crippen LogP contribution in [0.15, 0.2) is 29.6 Å². The minimum atomic E-state index is -0.228. The number of thiophene rings is 1. The molecule has 24 heavy (non-hydrogen) atoms. The first-order valence-electron chi connectivity index (χ1n) is 7.67. The van der Waals surface area contributed by atoms with Gasteiger partial charge in [-0.2, -0.15) is 0 Å². The summed E-state index contributed by atoms with van der Waals surface area (Å²) in [6.45, 7) is 4.46. The number of urea groups is 1. The zero-order valence-electron chi connectivity index (χ0n) is 13.5. The summed E-state index contributed by atoms with van der Waals surface area (Å²) in [7, 11) is 0. The maximum absolute atomic E-state index is 12.1. The summed E-state index contributed by atoms with van der Waals surface area (Å²) in [6.07, 6.45) is 0. The molecule has 1 aromatic carbocycles. The van der Waals surface area contributed by atoms with Crippen molar-refractivity contribution in [2.24, 2.45) is 0 Å². The van der Waals surface area contributed by atoms with Gasteiger partial charge in [-0.3, -0.25) is 4.79 Å². The molecule has 1 aromatic heterocycles. The molecule has 126 valence electrons. The molecule has 0 spiro atoms. The van der Waals surface area contributed by atoms with Crippen LogP contribution in [-0.2, 0) is 11.3 Å². The molecular weight excluding hydrogens is 326 g/mol. The van der Waals surface area contributed by atoms with Gasteiger partial charge in [0, 0.05) is 4.88 Å². The van der Waals surface area contributed by atoms with Gasteiger partial charge < -0.3 is 20.7 Å². The quantitative estimate of drug-likeness (QED) is 0.797. The van der Waals surface area contributed by atoms with E-state index in [1.54, 1.807) is 17.4 Å². The molecule has 7 heteroatoms. The molecule has 0 fully saturated rings. The van der Waals surface area contributed by atoms with Crippen LogP contribution >= 0.6 is 11.3 Å². The molecule has 3 N–H and O–H groups in total. The molecule has 1 atom stereocenters. The Kier molecular flexibility index (Phi) is 4.71. The van der Waals surface area contributed by atoms with Crippen LogP contribution in [0.5, 0.6) is 5.75 Å². The standard InChI is InChI=1S/C17H19N3O3S/c1-10-5-6-24-15(10)8-18-17(22)19-11(2)12-3-4-14-13(7-12)20-16(21)9-23-14/h3-7,11H,8-9H2,1-2H3,(H,20,21)(H2,18,19,22). The van der Waals surface area contributed by atoms with E-state index in [4.69, 9.17) is 4.74 Å². The number of fused-ring (bicyclic) bond motifs is 1. The number of hydrogen-bond acceptors (Lipinski definition) is 4. The van der Waals surface area contributed by atoms with Gasteiger partial charge in [0.25, 0.3) is 5.91 Å². The van der Waals surface area contributed by atoms with Crippen molar-refractivity contribution < 1.29 is 14.3 Å². The second kappa shape index (κ2) is 6.92. The Hall–Kier alpha value is -2.54. The Morgan fingerprint density at radius 2 is 2.25 bits per heavy atom. The van der Waals surface area contributed by atoms with Gasteiger partial charge in [0.15, 0.2) is 6.61 Å². The topological polar surface area (TPSA) is 79.5 Å². The minimum absolute atomic E-state index is 0.0324. The summed E-state index contributed by atoms with van der Waals surface area (Å²) in [5.74, 6) is 0.465. The van der Waals surface area contributed by atoms with Crippen molar-refractivity contribution in [1.29, 1.82) is 0 Å². The molecule has 1 unspecified atom stereocenters. The smallest absolute Gasteiger partial charge is 0.315 e. The summed E-state index contributed by atoms with van der Waals surface area (Å²) >= 11 is 1.63. The van der Waals surface area contributed by atoms with Crippen molar-refractivity contribution in [3.63, 3.8) is 0 Å². The van der Waals surface area contributed by atoms with E-state index in [-0.39, 0.29) is 24.6 Å². The van der Waals surface area contributed by atoms with Crippen molar-refractivity contribution in [2.45, 2.75) is 26.4 Å². The van der Waals surface area contributed by atoms with Crippen LogP contribution < -0.4 is 20.7 Å². The molecule has 3 amide bonds. The van der Waals surface area contributed by atoms with Crippen molar-refractivity contribution >= 4 is 29.0 Å². The van der Waals surface area contributed by atoms with Crippen LogP contribution in [-0.4, -0.2) is 18.5 Å². The second-order valence-corrected chi connectivity index (χ2v) is 6.67. The highest BCUT2D eigenvalue weighted by molar-refractivity contribution is 7.10. The summed E-state index contributed by atoms with van der Waals surface area (Å²) < 4.78 is 5.33. The second-order valence-electron chi connectivity index (χ2n) is 5.67. The predicted molar refractivity (Wildman–Crippen MR) is 93.4 cm³/mol. The third-order valence-electron chi connectivity index (χ3n) is 3.86. The number of aryl methyl sites for hydroxylation is 1. The predicted octanol–water partition coefficient (Wildman–Crippen LogP) is 2.95. The Morgan fingerprint density at radius 1 is 1.42 bits per heavy atom. The van der Waals surface area contributed by atoms with Gasteiger partial charge >= 0.3 is 6.03 Å². The number of nitrogens with one attached hydrogen (secondary N) is 3. The highest BCUT2D eigenvalue weighted by Crippen LogP contribution is 2.30. The number of carbonyl (C=O) groups is 2. The molecule has 0 saturated carbocycles. The number of benzene rings is 1. The molecule has 0 saturated heterocycles. The fourth-order valence-corrected chi connectivity index (χ4v) is 3.29. The van der Waals surface area contributed by atoms with Gasteiger partial charge in [0.2, 0.25) is 0 Å². The zero-order valence-corrected chi connectivity index (χ0v) is 14.3. The highest BCUT2D eigenvalue weighted by atomic mass is 32.1. The van der Waals surface area contributed by atoms with E-state index < -0.39 is 0 Å². The number of amides is 3. The minimum Gasteiger partial charge on any atom is -0.482 e. The Labute approximate surface area is 144 Å². The van der Waals surface area contributed by atoms with Gasteiger partial charge in [0.05, 0.1) is 18.3 Å². The Bertz CT molecular complexity index is 772. The van der Waals surface area contributed by atoms with Gasteiger partial charge in [-0.1, -0.05) is 6.07 Å². The number of rotatable bonds is 4. The molecule has 1 aliphatic heterocycles. The maximum Gasteiger partial charge on any atom is 0.315 e. The van der Waals surface area contributed by atoms with Crippen molar-refractivity contribution in [3.05, 3.63) is 45.6 Å². The van der Waals surface area contributed by atoms with Crippen LogP contribution in [0, 0.1) is 6.92 Å². The summed E-state index contributed by atoms with van der Waals surface area (Å²) in [5, 5.41) is 10.5. The van der Waals surface area contributed by atoms with Crippen LogP contribution in [0.4, 0.5) is 10.5 Å². The van der Waals surface area contributed by atoms with E-state index in [0.717, 1.165) is 10.4 Å². The fourth-order valence-electron chi connectivity index (χ4n) is 2.45. The van der Waals surface area contributed by atoms with Crippen molar-refractivity contribution in [1.82, 2.24) is 10.6 Å². The van der Waals surface area contributed by atoms with Crippen LogP contribution in [0.3, 0.4) is 0 Å². The molecule has 3 rings (SSSR count). The summed E-state index contributed by atoms with van der Waals surface area (Å²) in [5.41, 5.74) is 2.70. The first-order chi connectivity index (χ1) is 11.5.